The van der Waals surface area contributed by atoms with Crippen LogP contribution in [0.2, 0.25) is 5.02 Å². The predicted octanol–water partition coefficient (Wildman–Crippen LogP) is 5.91. The zero-order valence-corrected chi connectivity index (χ0v) is 17.9. The molecule has 0 bridgehead atoms. The summed E-state index contributed by atoms with van der Waals surface area (Å²) >= 11 is 5.92. The molecule has 0 aromatic heterocycles. The van der Waals surface area contributed by atoms with E-state index in [1.165, 1.54) is 0 Å². The van der Waals surface area contributed by atoms with Crippen LogP contribution in [0.1, 0.15) is 27.0 Å². The van der Waals surface area contributed by atoms with Crippen molar-refractivity contribution in [3.05, 3.63) is 93.7 Å². The van der Waals surface area contributed by atoms with E-state index in [0.717, 1.165) is 22.4 Å². The summed E-state index contributed by atoms with van der Waals surface area (Å²) in [7, 11) is 3.98. The van der Waals surface area contributed by atoms with Crippen LogP contribution in [0.15, 0.2) is 66.4 Å². The summed E-state index contributed by atoms with van der Waals surface area (Å²) in [5, 5.41) is 0.690. The van der Waals surface area contributed by atoms with Gasteiger partial charge < -0.3 is 14.4 Å². The van der Waals surface area contributed by atoms with Crippen molar-refractivity contribution in [2.24, 2.45) is 0 Å². The molecule has 0 saturated carbocycles. The van der Waals surface area contributed by atoms with Crippen LogP contribution < -0.4 is 14.4 Å². The molecule has 1 heterocycles. The summed E-state index contributed by atoms with van der Waals surface area (Å²) in [6.45, 7) is 2.30. The number of hydrogen-bond donors (Lipinski definition) is 0. The third kappa shape index (κ3) is 4.19. The van der Waals surface area contributed by atoms with Gasteiger partial charge in [0.1, 0.15) is 18.1 Å². The molecule has 5 heteroatoms. The molecule has 0 aliphatic carbocycles. The molecule has 4 rings (SSSR count). The molecular weight excluding hydrogens is 398 g/mol. The fraction of sp³-hybridized carbons (Fsp3) is 0.160. The van der Waals surface area contributed by atoms with Crippen LogP contribution in [-0.2, 0) is 6.61 Å². The number of carbonyl (C=O) groups is 1. The molecule has 30 heavy (non-hydrogen) atoms. The Morgan fingerprint density at radius 2 is 1.73 bits per heavy atom. The van der Waals surface area contributed by atoms with Gasteiger partial charge in [-0.15, -0.1) is 0 Å². The molecule has 0 saturated heterocycles. The number of allylic oxidation sites excluding steroid dienone is 1. The van der Waals surface area contributed by atoms with Gasteiger partial charge in [-0.1, -0.05) is 35.9 Å². The van der Waals surface area contributed by atoms with Gasteiger partial charge in [0.25, 0.3) is 0 Å². The number of fused-ring (bicyclic) bond motifs is 1. The number of benzene rings is 3. The van der Waals surface area contributed by atoms with Crippen molar-refractivity contribution in [2.45, 2.75) is 13.5 Å². The van der Waals surface area contributed by atoms with Gasteiger partial charge >= 0.3 is 0 Å². The predicted molar refractivity (Wildman–Crippen MR) is 121 cm³/mol. The number of aryl methyl sites for hydroxylation is 1. The van der Waals surface area contributed by atoms with Crippen molar-refractivity contribution in [1.82, 2.24) is 0 Å². The Bertz CT molecular complexity index is 1120. The average molecular weight is 420 g/mol. The minimum Gasteiger partial charge on any atom is -0.489 e. The molecule has 1 aliphatic rings. The number of carbonyl (C=O) groups excluding carboxylic acids is 1. The topological polar surface area (TPSA) is 38.8 Å². The fourth-order valence-electron chi connectivity index (χ4n) is 3.33. The van der Waals surface area contributed by atoms with Gasteiger partial charge in [0.2, 0.25) is 5.78 Å². The number of Topliss-reactive ketones (excluding diaryl/α,β-unsaturated/α-hetero) is 1. The van der Waals surface area contributed by atoms with Crippen LogP contribution in [0.5, 0.6) is 11.5 Å². The lowest BCUT2D eigenvalue weighted by Gasteiger charge is -2.11. The van der Waals surface area contributed by atoms with Crippen molar-refractivity contribution in [1.29, 1.82) is 0 Å². The summed E-state index contributed by atoms with van der Waals surface area (Å²) in [5.41, 5.74) is 4.43. The van der Waals surface area contributed by atoms with Gasteiger partial charge in [-0.25, -0.2) is 0 Å². The molecule has 3 aromatic rings. The van der Waals surface area contributed by atoms with E-state index >= 15 is 0 Å². The fourth-order valence-corrected chi connectivity index (χ4v) is 3.45. The van der Waals surface area contributed by atoms with Gasteiger partial charge in [-0.2, -0.15) is 0 Å². The largest absolute Gasteiger partial charge is 0.489 e. The molecule has 0 atom stereocenters. The Morgan fingerprint density at radius 3 is 2.40 bits per heavy atom. The first-order valence-electron chi connectivity index (χ1n) is 9.64. The quantitative estimate of drug-likeness (QED) is 0.482. The lowest BCUT2D eigenvalue weighted by molar-refractivity contribution is 0.101. The summed E-state index contributed by atoms with van der Waals surface area (Å²) in [6.07, 6.45) is 1.77. The van der Waals surface area contributed by atoms with Crippen molar-refractivity contribution in [3.63, 3.8) is 0 Å². The highest BCUT2D eigenvalue weighted by Crippen LogP contribution is 2.37. The zero-order valence-electron chi connectivity index (χ0n) is 17.1. The lowest BCUT2D eigenvalue weighted by atomic mass is 10.0. The number of rotatable bonds is 5. The van der Waals surface area contributed by atoms with E-state index in [9.17, 15) is 4.79 Å². The van der Waals surface area contributed by atoms with Gasteiger partial charge in [-0.3, -0.25) is 4.79 Å². The number of ether oxygens (including phenoxy) is 2. The smallest absolute Gasteiger partial charge is 0.232 e. The minimum absolute atomic E-state index is 0.108. The van der Waals surface area contributed by atoms with E-state index in [2.05, 4.69) is 0 Å². The van der Waals surface area contributed by atoms with Crippen molar-refractivity contribution in [3.8, 4) is 11.5 Å². The Labute approximate surface area is 181 Å². The highest BCUT2D eigenvalue weighted by atomic mass is 35.5. The lowest BCUT2D eigenvalue weighted by Crippen LogP contribution is -2.08. The van der Waals surface area contributed by atoms with Gasteiger partial charge in [-0.05, 0) is 60.0 Å². The van der Waals surface area contributed by atoms with Crippen LogP contribution in [-0.4, -0.2) is 19.9 Å². The number of nitrogens with zero attached hydrogens (tertiary/aromatic N) is 1. The first kappa shape index (κ1) is 20.0. The molecule has 4 nitrogen and oxygen atoms in total. The second kappa shape index (κ2) is 8.25. The Balaban J connectivity index is 1.53. The van der Waals surface area contributed by atoms with Gasteiger partial charge in [0.15, 0.2) is 5.76 Å². The van der Waals surface area contributed by atoms with E-state index in [4.69, 9.17) is 21.1 Å². The van der Waals surface area contributed by atoms with Gasteiger partial charge in [0.05, 0.1) is 5.56 Å². The third-order valence-electron chi connectivity index (χ3n) is 4.97. The van der Waals surface area contributed by atoms with Crippen molar-refractivity contribution in [2.75, 3.05) is 19.0 Å². The van der Waals surface area contributed by atoms with E-state index in [1.807, 2.05) is 80.5 Å². The average Bonchev–Trinajstić information content (AvgIpc) is 3.03. The molecule has 0 radical (unpaired) electrons. The molecular formula is C25H22ClNO3. The molecule has 0 amide bonds. The molecule has 3 aromatic carbocycles. The summed E-state index contributed by atoms with van der Waals surface area (Å²) < 4.78 is 11.8. The van der Waals surface area contributed by atoms with Gasteiger partial charge in [0, 0.05) is 30.9 Å². The van der Waals surface area contributed by atoms with E-state index in [1.54, 1.807) is 12.1 Å². The second-order valence-electron chi connectivity index (χ2n) is 7.45. The minimum atomic E-state index is -0.108. The molecule has 0 spiro atoms. The maximum atomic E-state index is 12.9. The maximum Gasteiger partial charge on any atom is 0.232 e. The Morgan fingerprint density at radius 1 is 1.03 bits per heavy atom. The number of ketones is 1. The SMILES string of the molecule is Cc1cc(OCc2ccc(Cl)cc2)cc2c1C(=O)/C(=C/c1ccc(N(C)C)cc1)O2. The van der Waals surface area contributed by atoms with Crippen molar-refractivity contribution >= 4 is 29.1 Å². The Hall–Kier alpha value is -3.24. The molecule has 0 unspecified atom stereocenters. The monoisotopic (exact) mass is 419 g/mol. The third-order valence-corrected chi connectivity index (χ3v) is 5.22. The molecule has 0 fully saturated rings. The first-order valence-corrected chi connectivity index (χ1v) is 10.0. The summed E-state index contributed by atoms with van der Waals surface area (Å²) in [5.74, 6) is 1.40. The second-order valence-corrected chi connectivity index (χ2v) is 7.89. The summed E-state index contributed by atoms with van der Waals surface area (Å²) in [6, 6.07) is 19.1. The standard InChI is InChI=1S/C25H22ClNO3/c1-16-12-21(29-15-18-4-8-19(26)9-5-18)14-22-24(16)25(28)23(30-22)13-17-6-10-20(11-7-17)27(2)3/h4-14H,15H2,1-3H3/b23-13-. The summed E-state index contributed by atoms with van der Waals surface area (Å²) in [4.78, 5) is 14.9. The molecule has 0 N–H and O–H groups in total. The highest BCUT2D eigenvalue weighted by Gasteiger charge is 2.30. The van der Waals surface area contributed by atoms with E-state index in [0.29, 0.717) is 34.5 Å². The molecule has 1 aliphatic heterocycles. The number of halogens is 1. The zero-order chi connectivity index (χ0) is 21.3. The number of anilines is 1. The van der Waals surface area contributed by atoms with Crippen molar-refractivity contribution < 1.29 is 14.3 Å². The van der Waals surface area contributed by atoms with Crippen LogP contribution in [0.3, 0.4) is 0 Å². The maximum absolute atomic E-state index is 12.9. The van der Waals surface area contributed by atoms with Crippen LogP contribution >= 0.6 is 11.6 Å². The first-order chi connectivity index (χ1) is 14.4. The van der Waals surface area contributed by atoms with E-state index < -0.39 is 0 Å². The van der Waals surface area contributed by atoms with E-state index in [-0.39, 0.29) is 5.78 Å². The van der Waals surface area contributed by atoms with Crippen LogP contribution in [0.25, 0.3) is 6.08 Å². The molecule has 152 valence electrons. The van der Waals surface area contributed by atoms with Crippen LogP contribution in [0, 0.1) is 6.92 Å². The normalized spacial score (nSPS) is 13.9. The Kier molecular flexibility index (Phi) is 5.51. The highest BCUT2D eigenvalue weighted by molar-refractivity contribution is 6.30. The van der Waals surface area contributed by atoms with Crippen LogP contribution in [0.4, 0.5) is 5.69 Å². The number of hydrogen-bond acceptors (Lipinski definition) is 4.